The van der Waals surface area contributed by atoms with Crippen LogP contribution in [0.1, 0.15) is 58.2 Å². The number of halogens is 1. The quantitative estimate of drug-likeness (QED) is 0.499. The fourth-order valence-corrected chi connectivity index (χ4v) is 1.87. The molecule has 0 atom stereocenters. The van der Waals surface area contributed by atoms with E-state index in [1.165, 1.54) is 57.3 Å². The Morgan fingerprint density at radius 3 is 2.50 bits per heavy atom. The number of H-pyrrole nitrogens is 1. The number of aryl methyl sites for hydroxylation is 2. The van der Waals surface area contributed by atoms with E-state index in [1.807, 2.05) is 0 Å². The molecule has 1 aromatic rings. The first-order valence-corrected chi connectivity index (χ1v) is 6.44. The van der Waals surface area contributed by atoms with Crippen LogP contribution in [0.3, 0.4) is 0 Å². The van der Waals surface area contributed by atoms with Crippen LogP contribution in [-0.4, -0.2) is 4.98 Å². The highest BCUT2D eigenvalue weighted by atomic mass is 35.5. The first-order valence-electron chi connectivity index (χ1n) is 6.44. The number of nitrogens with one attached hydrogen (secondary N) is 1. The van der Waals surface area contributed by atoms with Crippen molar-refractivity contribution in [2.24, 2.45) is 0 Å². The van der Waals surface area contributed by atoms with Crippen LogP contribution in [0.25, 0.3) is 0 Å². The molecule has 1 N–H and O–H groups in total. The number of imidazole rings is 1. The average molecular weight is 245 g/mol. The number of rotatable bonds is 8. The van der Waals surface area contributed by atoms with Gasteiger partial charge in [-0.15, -0.1) is 0 Å². The van der Waals surface area contributed by atoms with E-state index >= 15 is 0 Å². The number of hydrogen-bond donors (Lipinski definition) is 1. The summed E-state index contributed by atoms with van der Waals surface area (Å²) in [5.74, 6) is 1.40. The van der Waals surface area contributed by atoms with Crippen LogP contribution < -0.4 is 17.0 Å². The van der Waals surface area contributed by atoms with E-state index in [2.05, 4.69) is 35.8 Å². The van der Waals surface area contributed by atoms with Crippen LogP contribution in [0.5, 0.6) is 0 Å². The molecule has 0 radical (unpaired) electrons. The molecule has 1 rings (SSSR count). The second-order valence-electron chi connectivity index (χ2n) is 4.26. The van der Waals surface area contributed by atoms with Crippen molar-refractivity contribution in [1.29, 1.82) is 0 Å². The van der Waals surface area contributed by atoms with Crippen LogP contribution >= 0.6 is 0 Å². The Labute approximate surface area is 106 Å². The molecule has 0 fully saturated rings. The zero-order valence-corrected chi connectivity index (χ0v) is 11.4. The summed E-state index contributed by atoms with van der Waals surface area (Å²) in [6.45, 7) is 5.69. The van der Waals surface area contributed by atoms with Crippen molar-refractivity contribution in [2.45, 2.75) is 65.3 Å². The van der Waals surface area contributed by atoms with Gasteiger partial charge in [-0.3, -0.25) is 0 Å². The maximum Gasteiger partial charge on any atom is 0.254 e. The van der Waals surface area contributed by atoms with Gasteiger partial charge in [-0.1, -0.05) is 33.1 Å². The van der Waals surface area contributed by atoms with Gasteiger partial charge >= 0.3 is 0 Å². The Kier molecular flexibility index (Phi) is 9.40. The first-order chi connectivity index (χ1) is 7.38. The zero-order valence-electron chi connectivity index (χ0n) is 10.6. The third-order valence-corrected chi connectivity index (χ3v) is 2.87. The van der Waals surface area contributed by atoms with Gasteiger partial charge in [0, 0.05) is 6.42 Å². The molecule has 1 heterocycles. The molecular weight excluding hydrogens is 220 g/mol. The summed E-state index contributed by atoms with van der Waals surface area (Å²) in [5.41, 5.74) is 0. The molecule has 0 aliphatic heterocycles. The van der Waals surface area contributed by atoms with Crippen LogP contribution in [0, 0.1) is 0 Å². The van der Waals surface area contributed by atoms with E-state index in [4.69, 9.17) is 0 Å². The smallest absolute Gasteiger partial charge is 0.254 e. The Morgan fingerprint density at radius 2 is 1.81 bits per heavy atom. The van der Waals surface area contributed by atoms with Crippen molar-refractivity contribution in [3.8, 4) is 0 Å². The Hall–Kier alpha value is -0.500. The van der Waals surface area contributed by atoms with Crippen molar-refractivity contribution < 1.29 is 17.0 Å². The van der Waals surface area contributed by atoms with Crippen molar-refractivity contribution in [2.75, 3.05) is 0 Å². The highest BCUT2D eigenvalue weighted by Crippen LogP contribution is 2.01. The third kappa shape index (κ3) is 5.55. The maximum atomic E-state index is 3.34. The molecule has 0 bridgehead atoms. The molecule has 0 amide bonds. The Morgan fingerprint density at radius 1 is 1.06 bits per heavy atom. The fourth-order valence-electron chi connectivity index (χ4n) is 1.87. The van der Waals surface area contributed by atoms with Crippen molar-refractivity contribution >= 4 is 0 Å². The highest BCUT2D eigenvalue weighted by Gasteiger charge is 2.08. The van der Waals surface area contributed by atoms with E-state index in [0.29, 0.717) is 0 Å². The number of nitrogens with zero attached hydrogens (tertiary/aromatic N) is 1. The maximum absolute atomic E-state index is 3.34. The normalized spacial score (nSPS) is 10.1. The van der Waals surface area contributed by atoms with Crippen LogP contribution in [-0.2, 0) is 13.0 Å². The van der Waals surface area contributed by atoms with Gasteiger partial charge in [-0.05, 0) is 19.3 Å². The van der Waals surface area contributed by atoms with Crippen molar-refractivity contribution in [3.63, 3.8) is 0 Å². The monoisotopic (exact) mass is 244 g/mol. The van der Waals surface area contributed by atoms with E-state index in [1.54, 1.807) is 0 Å². The second kappa shape index (κ2) is 9.71. The predicted molar refractivity (Wildman–Crippen MR) is 63.7 cm³/mol. The molecule has 1 aromatic heterocycles. The van der Waals surface area contributed by atoms with Gasteiger partial charge in [0.25, 0.3) is 5.82 Å². The van der Waals surface area contributed by atoms with Gasteiger partial charge < -0.3 is 12.4 Å². The second-order valence-corrected chi connectivity index (χ2v) is 4.26. The summed E-state index contributed by atoms with van der Waals surface area (Å²) in [6.07, 6.45) is 13.4. The zero-order chi connectivity index (χ0) is 10.9. The molecule has 0 saturated carbocycles. The molecular formula is C13H25ClN2. The van der Waals surface area contributed by atoms with Gasteiger partial charge in [-0.25, -0.2) is 9.55 Å². The molecule has 16 heavy (non-hydrogen) atoms. The van der Waals surface area contributed by atoms with Crippen molar-refractivity contribution in [3.05, 3.63) is 18.2 Å². The van der Waals surface area contributed by atoms with Gasteiger partial charge in [-0.2, -0.15) is 0 Å². The molecule has 0 aromatic carbocycles. The number of unbranched alkanes of at least 4 members (excludes halogenated alkanes) is 4. The van der Waals surface area contributed by atoms with E-state index < -0.39 is 0 Å². The average Bonchev–Trinajstić information content (AvgIpc) is 2.69. The van der Waals surface area contributed by atoms with E-state index in [-0.39, 0.29) is 12.4 Å². The largest absolute Gasteiger partial charge is 1.00 e. The summed E-state index contributed by atoms with van der Waals surface area (Å²) in [6, 6.07) is 0. The molecule has 0 spiro atoms. The Bertz CT molecular complexity index is 258. The van der Waals surface area contributed by atoms with Gasteiger partial charge in [0.2, 0.25) is 0 Å². The highest BCUT2D eigenvalue weighted by molar-refractivity contribution is 4.77. The standard InChI is InChI=1S/C13H24N2.ClH/c1-3-5-7-8-11-15-12-10-14-13(15)9-6-4-2;/h10,12H,3-9,11H2,1-2H3;1H. The fraction of sp³-hybridized carbons (Fsp3) is 0.769. The van der Waals surface area contributed by atoms with Gasteiger partial charge in [0.05, 0.1) is 6.54 Å². The summed E-state index contributed by atoms with van der Waals surface area (Å²) >= 11 is 0. The number of hydrogen-bond acceptors (Lipinski definition) is 0. The molecule has 0 aliphatic rings. The predicted octanol–water partition coefficient (Wildman–Crippen LogP) is 0.229. The van der Waals surface area contributed by atoms with Crippen molar-refractivity contribution in [1.82, 2.24) is 4.98 Å². The van der Waals surface area contributed by atoms with Crippen LogP contribution in [0.4, 0.5) is 0 Å². The number of aromatic amines is 1. The number of aromatic nitrogens is 2. The van der Waals surface area contributed by atoms with E-state index in [0.717, 1.165) is 0 Å². The lowest BCUT2D eigenvalue weighted by Crippen LogP contribution is -3.00. The van der Waals surface area contributed by atoms with Crippen LogP contribution in [0.15, 0.2) is 12.4 Å². The molecule has 0 saturated heterocycles. The minimum Gasteiger partial charge on any atom is -1.00 e. The Balaban J connectivity index is 0.00000225. The third-order valence-electron chi connectivity index (χ3n) is 2.87. The molecule has 94 valence electrons. The summed E-state index contributed by atoms with van der Waals surface area (Å²) in [5, 5.41) is 0. The summed E-state index contributed by atoms with van der Waals surface area (Å²) in [4.78, 5) is 3.34. The molecule has 0 aliphatic carbocycles. The van der Waals surface area contributed by atoms with Gasteiger partial charge in [0.15, 0.2) is 0 Å². The topological polar surface area (TPSA) is 19.7 Å². The van der Waals surface area contributed by atoms with Crippen LogP contribution in [0.2, 0.25) is 0 Å². The molecule has 2 nitrogen and oxygen atoms in total. The van der Waals surface area contributed by atoms with E-state index in [9.17, 15) is 0 Å². The molecule has 3 heteroatoms. The summed E-state index contributed by atoms with van der Waals surface area (Å²) < 4.78 is 2.38. The summed E-state index contributed by atoms with van der Waals surface area (Å²) in [7, 11) is 0. The first kappa shape index (κ1) is 15.5. The lowest BCUT2D eigenvalue weighted by molar-refractivity contribution is -0.703. The van der Waals surface area contributed by atoms with Gasteiger partial charge in [0.1, 0.15) is 12.4 Å². The molecule has 0 unspecified atom stereocenters. The minimum atomic E-state index is 0. The SMILES string of the molecule is CCCCCC[n+]1cc[nH]c1CCCC.[Cl-]. The lowest BCUT2D eigenvalue weighted by atomic mass is 10.2. The minimum absolute atomic E-state index is 0. The lowest BCUT2D eigenvalue weighted by Gasteiger charge is -2.00.